The molecule has 0 nitrogen and oxygen atoms in total. The molecule has 11 heavy (non-hydrogen) atoms. The third-order valence-corrected chi connectivity index (χ3v) is 2.00. The molecule has 0 bridgehead atoms. The Balaban J connectivity index is 2.90. The molecule has 0 heterocycles. The second-order valence-electron chi connectivity index (χ2n) is 2.50. The standard InChI is InChI=1S/C10H12S/c1-3-8(2)9-4-6-10(11)7-5-9/h4-7,11H,2-3H2,1H3. The predicted octanol–water partition coefficient (Wildman–Crippen LogP) is 3.40. The van der Waals surface area contributed by atoms with Crippen LogP contribution in [0.15, 0.2) is 35.7 Å². The van der Waals surface area contributed by atoms with Crippen LogP contribution >= 0.6 is 12.6 Å². The van der Waals surface area contributed by atoms with Crippen LogP contribution in [0, 0.1) is 0 Å². The lowest BCUT2D eigenvalue weighted by molar-refractivity contribution is 1.24. The first-order chi connectivity index (χ1) is 5.24. The maximum absolute atomic E-state index is 4.20. The van der Waals surface area contributed by atoms with Gasteiger partial charge in [0.05, 0.1) is 0 Å². The van der Waals surface area contributed by atoms with Crippen LogP contribution < -0.4 is 0 Å². The number of hydrogen-bond acceptors (Lipinski definition) is 1. The van der Waals surface area contributed by atoms with E-state index in [4.69, 9.17) is 0 Å². The summed E-state index contributed by atoms with van der Waals surface area (Å²) in [4.78, 5) is 0.998. The van der Waals surface area contributed by atoms with Crippen molar-refractivity contribution in [1.29, 1.82) is 0 Å². The summed E-state index contributed by atoms with van der Waals surface area (Å²) in [5.74, 6) is 0. The van der Waals surface area contributed by atoms with Crippen LogP contribution in [0.25, 0.3) is 5.57 Å². The van der Waals surface area contributed by atoms with Gasteiger partial charge in [0.25, 0.3) is 0 Å². The molecule has 1 aromatic rings. The SMILES string of the molecule is C=C(CC)c1ccc(S)cc1. The van der Waals surface area contributed by atoms with Gasteiger partial charge in [-0.25, -0.2) is 0 Å². The molecule has 0 saturated carbocycles. The molecule has 0 aliphatic heterocycles. The van der Waals surface area contributed by atoms with Crippen molar-refractivity contribution in [1.82, 2.24) is 0 Å². The lowest BCUT2D eigenvalue weighted by atomic mass is 10.1. The molecule has 0 radical (unpaired) electrons. The van der Waals surface area contributed by atoms with E-state index in [0.29, 0.717) is 0 Å². The van der Waals surface area contributed by atoms with E-state index < -0.39 is 0 Å². The summed E-state index contributed by atoms with van der Waals surface area (Å²) in [6.45, 7) is 6.06. The number of hydrogen-bond donors (Lipinski definition) is 1. The smallest absolute Gasteiger partial charge is 0.00403 e. The first-order valence-electron chi connectivity index (χ1n) is 3.71. The summed E-state index contributed by atoms with van der Waals surface area (Å²) < 4.78 is 0. The van der Waals surface area contributed by atoms with Crippen molar-refractivity contribution in [2.45, 2.75) is 18.2 Å². The second kappa shape index (κ2) is 3.63. The fourth-order valence-electron chi connectivity index (χ4n) is 0.901. The zero-order valence-corrected chi connectivity index (χ0v) is 7.57. The van der Waals surface area contributed by atoms with Crippen molar-refractivity contribution in [3.63, 3.8) is 0 Å². The largest absolute Gasteiger partial charge is 0.143 e. The molecule has 0 atom stereocenters. The Morgan fingerprint density at radius 2 is 1.91 bits per heavy atom. The molecule has 0 N–H and O–H groups in total. The molecule has 0 fully saturated rings. The number of allylic oxidation sites excluding steroid dienone is 1. The molecular formula is C10H12S. The van der Waals surface area contributed by atoms with E-state index in [1.807, 2.05) is 24.3 Å². The van der Waals surface area contributed by atoms with Gasteiger partial charge in [-0.1, -0.05) is 25.6 Å². The Labute approximate surface area is 73.4 Å². The van der Waals surface area contributed by atoms with Crippen molar-refractivity contribution in [3.8, 4) is 0 Å². The molecule has 1 rings (SSSR count). The topological polar surface area (TPSA) is 0 Å². The average Bonchev–Trinajstić information content (AvgIpc) is 2.05. The first-order valence-corrected chi connectivity index (χ1v) is 4.16. The third kappa shape index (κ3) is 2.12. The van der Waals surface area contributed by atoms with E-state index in [1.165, 1.54) is 11.1 Å². The zero-order valence-electron chi connectivity index (χ0n) is 6.67. The Morgan fingerprint density at radius 1 is 1.36 bits per heavy atom. The fourth-order valence-corrected chi connectivity index (χ4v) is 1.05. The van der Waals surface area contributed by atoms with Gasteiger partial charge < -0.3 is 0 Å². The van der Waals surface area contributed by atoms with E-state index in [9.17, 15) is 0 Å². The van der Waals surface area contributed by atoms with Crippen molar-refractivity contribution < 1.29 is 0 Å². The van der Waals surface area contributed by atoms with Gasteiger partial charge in [0.2, 0.25) is 0 Å². The number of rotatable bonds is 2. The van der Waals surface area contributed by atoms with Crippen LogP contribution in [0.5, 0.6) is 0 Å². The Hall–Kier alpha value is -0.690. The summed E-state index contributed by atoms with van der Waals surface area (Å²) in [6.07, 6.45) is 1.01. The summed E-state index contributed by atoms with van der Waals surface area (Å²) in [6, 6.07) is 8.07. The minimum Gasteiger partial charge on any atom is -0.143 e. The highest BCUT2D eigenvalue weighted by Gasteiger charge is 1.93. The minimum atomic E-state index is 0.998. The molecule has 0 spiro atoms. The van der Waals surface area contributed by atoms with Gasteiger partial charge in [-0.05, 0) is 29.7 Å². The monoisotopic (exact) mass is 164 g/mol. The van der Waals surface area contributed by atoms with Gasteiger partial charge in [-0.15, -0.1) is 12.6 Å². The highest BCUT2D eigenvalue weighted by molar-refractivity contribution is 7.80. The van der Waals surface area contributed by atoms with Crippen molar-refractivity contribution >= 4 is 18.2 Å². The van der Waals surface area contributed by atoms with E-state index >= 15 is 0 Å². The quantitative estimate of drug-likeness (QED) is 0.636. The molecule has 0 aromatic heterocycles. The van der Waals surface area contributed by atoms with Crippen LogP contribution in [-0.2, 0) is 0 Å². The van der Waals surface area contributed by atoms with Crippen molar-refractivity contribution in [2.75, 3.05) is 0 Å². The van der Waals surface area contributed by atoms with Crippen molar-refractivity contribution in [2.24, 2.45) is 0 Å². The van der Waals surface area contributed by atoms with Gasteiger partial charge in [-0.3, -0.25) is 0 Å². The molecule has 0 unspecified atom stereocenters. The molecule has 0 aliphatic rings. The molecule has 1 aromatic carbocycles. The minimum absolute atomic E-state index is 0.998. The van der Waals surface area contributed by atoms with E-state index in [2.05, 4.69) is 26.1 Å². The number of benzene rings is 1. The first kappa shape index (κ1) is 8.41. The fraction of sp³-hybridized carbons (Fsp3) is 0.200. The molecule has 0 saturated heterocycles. The van der Waals surface area contributed by atoms with Crippen LogP contribution in [-0.4, -0.2) is 0 Å². The van der Waals surface area contributed by atoms with Crippen LogP contribution in [0.1, 0.15) is 18.9 Å². The number of thiol groups is 1. The average molecular weight is 164 g/mol. The van der Waals surface area contributed by atoms with Crippen LogP contribution in [0.2, 0.25) is 0 Å². The molecule has 1 heteroatoms. The van der Waals surface area contributed by atoms with Gasteiger partial charge in [0.1, 0.15) is 0 Å². The van der Waals surface area contributed by atoms with E-state index in [1.54, 1.807) is 0 Å². The third-order valence-electron chi connectivity index (χ3n) is 1.70. The van der Waals surface area contributed by atoms with Crippen LogP contribution in [0.3, 0.4) is 0 Å². The summed E-state index contributed by atoms with van der Waals surface area (Å²) in [5, 5.41) is 0. The van der Waals surface area contributed by atoms with E-state index in [0.717, 1.165) is 11.3 Å². The maximum atomic E-state index is 4.20. The van der Waals surface area contributed by atoms with Gasteiger partial charge in [0, 0.05) is 4.90 Å². The maximum Gasteiger partial charge on any atom is 0.00403 e. The predicted molar refractivity (Wildman–Crippen MR) is 53.0 cm³/mol. The molecule has 0 amide bonds. The summed E-state index contributed by atoms with van der Waals surface area (Å²) >= 11 is 4.20. The zero-order chi connectivity index (χ0) is 8.27. The molecule has 58 valence electrons. The molecule has 0 aliphatic carbocycles. The highest BCUT2D eigenvalue weighted by atomic mass is 32.1. The lowest BCUT2D eigenvalue weighted by Gasteiger charge is -2.01. The molecular weight excluding hydrogens is 152 g/mol. The highest BCUT2D eigenvalue weighted by Crippen LogP contribution is 2.17. The lowest BCUT2D eigenvalue weighted by Crippen LogP contribution is -1.78. The second-order valence-corrected chi connectivity index (χ2v) is 3.02. The van der Waals surface area contributed by atoms with Gasteiger partial charge >= 0.3 is 0 Å². The van der Waals surface area contributed by atoms with Crippen LogP contribution in [0.4, 0.5) is 0 Å². The Morgan fingerprint density at radius 3 is 2.36 bits per heavy atom. The van der Waals surface area contributed by atoms with E-state index in [-0.39, 0.29) is 0 Å². The Bertz CT molecular complexity index is 246. The van der Waals surface area contributed by atoms with Crippen molar-refractivity contribution in [3.05, 3.63) is 36.4 Å². The van der Waals surface area contributed by atoms with Gasteiger partial charge in [-0.2, -0.15) is 0 Å². The van der Waals surface area contributed by atoms with Gasteiger partial charge in [0.15, 0.2) is 0 Å². The Kier molecular flexibility index (Phi) is 2.77. The normalized spacial score (nSPS) is 9.64. The summed E-state index contributed by atoms with van der Waals surface area (Å²) in [7, 11) is 0. The summed E-state index contributed by atoms with van der Waals surface area (Å²) in [5.41, 5.74) is 2.39.